The highest BCUT2D eigenvalue weighted by atomic mass is 35.5. The highest BCUT2D eigenvalue weighted by Gasteiger charge is 2.42. The summed E-state index contributed by atoms with van der Waals surface area (Å²) in [4.78, 5) is 12.0. The fourth-order valence-corrected chi connectivity index (χ4v) is 2.57. The number of ether oxygens (including phenoxy) is 2. The number of rotatable bonds is 5. The third kappa shape index (κ3) is 4.83. The van der Waals surface area contributed by atoms with Crippen LogP contribution in [0.4, 0.5) is 14.5 Å². The van der Waals surface area contributed by atoms with Gasteiger partial charge in [-0.1, -0.05) is 12.1 Å². The predicted molar refractivity (Wildman–Crippen MR) is 96.7 cm³/mol. The van der Waals surface area contributed by atoms with Crippen LogP contribution in [0.1, 0.15) is 6.42 Å². The van der Waals surface area contributed by atoms with Crippen LogP contribution in [0.3, 0.4) is 0 Å². The van der Waals surface area contributed by atoms with E-state index >= 15 is 0 Å². The minimum atomic E-state index is -2.84. The number of benzene rings is 2. The smallest absolute Gasteiger partial charge is 0.262 e. The van der Waals surface area contributed by atoms with Gasteiger partial charge in [0, 0.05) is 12.1 Å². The Morgan fingerprint density at radius 3 is 2.38 bits per heavy atom. The van der Waals surface area contributed by atoms with Crippen molar-refractivity contribution in [3.05, 3.63) is 48.5 Å². The van der Waals surface area contributed by atoms with E-state index in [1.54, 1.807) is 43.5 Å². The van der Waals surface area contributed by atoms with Crippen molar-refractivity contribution in [2.75, 3.05) is 19.0 Å². The molecule has 2 aromatic carbocycles. The zero-order valence-corrected chi connectivity index (χ0v) is 14.8. The van der Waals surface area contributed by atoms with Gasteiger partial charge in [0.1, 0.15) is 5.75 Å². The molecule has 1 aliphatic rings. The summed E-state index contributed by atoms with van der Waals surface area (Å²) in [6, 6.07) is 13.0. The van der Waals surface area contributed by atoms with E-state index < -0.39 is 30.8 Å². The van der Waals surface area contributed by atoms with Crippen LogP contribution in [0.25, 0.3) is 0 Å². The standard InChI is InChI=1S/C18H18F2N2O3.ClH/c1-24-15-4-2-3-5-16(15)25-13-8-6-12(7-9-13)22-17(23)14-10-18(19,20)11-21-14;/h2-9,14,21H,10-11H2,1H3,(H,22,23);1H. The topological polar surface area (TPSA) is 59.6 Å². The Kier molecular flexibility index (Phi) is 6.39. The van der Waals surface area contributed by atoms with Gasteiger partial charge >= 0.3 is 0 Å². The summed E-state index contributed by atoms with van der Waals surface area (Å²) >= 11 is 0. The quantitative estimate of drug-likeness (QED) is 0.822. The fraction of sp³-hybridized carbons (Fsp3) is 0.278. The molecular formula is C18H19ClF2N2O3. The van der Waals surface area contributed by atoms with Crippen molar-refractivity contribution in [1.29, 1.82) is 0 Å². The molecule has 1 heterocycles. The van der Waals surface area contributed by atoms with Gasteiger partial charge in [-0.3, -0.25) is 10.1 Å². The number of nitrogens with one attached hydrogen (secondary N) is 2. The number of anilines is 1. The van der Waals surface area contributed by atoms with Gasteiger partial charge in [-0.15, -0.1) is 12.4 Å². The number of para-hydroxylation sites is 2. The summed E-state index contributed by atoms with van der Waals surface area (Å²) < 4.78 is 37.2. The molecule has 0 spiro atoms. The molecule has 5 nitrogen and oxygen atoms in total. The molecule has 0 aromatic heterocycles. The summed E-state index contributed by atoms with van der Waals surface area (Å²) in [5.41, 5.74) is 0.509. The maximum absolute atomic E-state index is 13.1. The molecule has 0 bridgehead atoms. The monoisotopic (exact) mass is 384 g/mol. The number of carbonyl (C=O) groups excluding carboxylic acids is 1. The largest absolute Gasteiger partial charge is 0.493 e. The fourth-order valence-electron chi connectivity index (χ4n) is 2.57. The SMILES string of the molecule is COc1ccccc1Oc1ccc(NC(=O)C2CC(F)(F)CN2)cc1.Cl. The van der Waals surface area contributed by atoms with E-state index in [0.29, 0.717) is 22.9 Å². The first-order valence-corrected chi connectivity index (χ1v) is 7.80. The number of methoxy groups -OCH3 is 1. The van der Waals surface area contributed by atoms with Gasteiger partial charge in [0.05, 0.1) is 19.7 Å². The summed E-state index contributed by atoms with van der Waals surface area (Å²) in [6.45, 7) is -0.475. The molecule has 2 aromatic rings. The van der Waals surface area contributed by atoms with Gasteiger partial charge in [0.25, 0.3) is 5.92 Å². The molecule has 0 aliphatic carbocycles. The van der Waals surface area contributed by atoms with Crippen molar-refractivity contribution in [3.63, 3.8) is 0 Å². The second-order valence-electron chi connectivity index (χ2n) is 5.76. The van der Waals surface area contributed by atoms with Crippen LogP contribution in [0, 0.1) is 0 Å². The average Bonchev–Trinajstić information content (AvgIpc) is 2.97. The Morgan fingerprint density at radius 2 is 1.81 bits per heavy atom. The van der Waals surface area contributed by atoms with Crippen LogP contribution < -0.4 is 20.1 Å². The molecule has 1 saturated heterocycles. The van der Waals surface area contributed by atoms with Crippen LogP contribution >= 0.6 is 12.4 Å². The zero-order valence-electron chi connectivity index (χ0n) is 14.0. The van der Waals surface area contributed by atoms with Crippen LogP contribution in [-0.2, 0) is 4.79 Å². The average molecular weight is 385 g/mol. The number of halogens is 3. The number of hydrogen-bond donors (Lipinski definition) is 2. The van der Waals surface area contributed by atoms with E-state index in [-0.39, 0.29) is 12.4 Å². The predicted octanol–water partition coefficient (Wildman–Crippen LogP) is 3.85. The minimum Gasteiger partial charge on any atom is -0.493 e. The molecule has 1 fully saturated rings. The maximum Gasteiger partial charge on any atom is 0.262 e. The second kappa shape index (κ2) is 8.33. The highest BCUT2D eigenvalue weighted by Crippen LogP contribution is 2.31. The first-order chi connectivity index (χ1) is 12.0. The van der Waals surface area contributed by atoms with Gasteiger partial charge in [-0.25, -0.2) is 8.78 Å². The van der Waals surface area contributed by atoms with Crippen molar-refractivity contribution in [1.82, 2.24) is 5.32 Å². The number of hydrogen-bond acceptors (Lipinski definition) is 4. The van der Waals surface area contributed by atoms with Gasteiger partial charge in [0.15, 0.2) is 11.5 Å². The van der Waals surface area contributed by atoms with Gasteiger partial charge in [-0.05, 0) is 36.4 Å². The summed E-state index contributed by atoms with van der Waals surface area (Å²) in [7, 11) is 1.56. The zero-order chi connectivity index (χ0) is 17.9. The minimum absolute atomic E-state index is 0. The van der Waals surface area contributed by atoms with Crippen molar-refractivity contribution in [3.8, 4) is 17.2 Å². The molecule has 2 N–H and O–H groups in total. The molecule has 3 rings (SSSR count). The molecule has 8 heteroatoms. The number of alkyl halides is 2. The van der Waals surface area contributed by atoms with E-state index in [1.165, 1.54) is 0 Å². The summed E-state index contributed by atoms with van der Waals surface area (Å²) in [5.74, 6) is -1.58. The lowest BCUT2D eigenvalue weighted by Gasteiger charge is -2.12. The molecule has 1 unspecified atom stereocenters. The molecule has 0 radical (unpaired) electrons. The lowest BCUT2D eigenvalue weighted by Crippen LogP contribution is -2.35. The molecule has 140 valence electrons. The highest BCUT2D eigenvalue weighted by molar-refractivity contribution is 5.95. The number of amides is 1. The third-order valence-electron chi connectivity index (χ3n) is 3.85. The maximum atomic E-state index is 13.1. The molecule has 1 amide bonds. The van der Waals surface area contributed by atoms with Crippen molar-refractivity contribution in [2.45, 2.75) is 18.4 Å². The second-order valence-corrected chi connectivity index (χ2v) is 5.76. The van der Waals surface area contributed by atoms with Gasteiger partial charge in [-0.2, -0.15) is 0 Å². The molecule has 1 atom stereocenters. The van der Waals surface area contributed by atoms with Crippen LogP contribution in [0.5, 0.6) is 17.2 Å². The Labute approximate surface area is 156 Å². The third-order valence-corrected chi connectivity index (χ3v) is 3.85. The molecule has 26 heavy (non-hydrogen) atoms. The summed E-state index contributed by atoms with van der Waals surface area (Å²) in [6.07, 6.45) is -0.492. The van der Waals surface area contributed by atoms with Crippen LogP contribution in [0.15, 0.2) is 48.5 Å². The Morgan fingerprint density at radius 1 is 1.15 bits per heavy atom. The Balaban J connectivity index is 0.00000243. The van der Waals surface area contributed by atoms with E-state index in [1.807, 2.05) is 12.1 Å². The lowest BCUT2D eigenvalue weighted by atomic mass is 10.2. The first-order valence-electron chi connectivity index (χ1n) is 7.80. The van der Waals surface area contributed by atoms with Crippen molar-refractivity contribution >= 4 is 24.0 Å². The van der Waals surface area contributed by atoms with E-state index in [4.69, 9.17) is 9.47 Å². The van der Waals surface area contributed by atoms with E-state index in [9.17, 15) is 13.6 Å². The van der Waals surface area contributed by atoms with Gasteiger partial charge in [0.2, 0.25) is 5.91 Å². The normalized spacial score (nSPS) is 17.9. The van der Waals surface area contributed by atoms with E-state index in [2.05, 4.69) is 10.6 Å². The summed E-state index contributed by atoms with van der Waals surface area (Å²) in [5, 5.41) is 5.14. The number of carbonyl (C=O) groups is 1. The van der Waals surface area contributed by atoms with Crippen molar-refractivity contribution < 1.29 is 23.0 Å². The molecule has 1 aliphatic heterocycles. The van der Waals surface area contributed by atoms with E-state index in [0.717, 1.165) is 0 Å². The van der Waals surface area contributed by atoms with Crippen LogP contribution in [0.2, 0.25) is 0 Å². The van der Waals surface area contributed by atoms with Crippen LogP contribution in [-0.4, -0.2) is 31.5 Å². The first kappa shape index (κ1) is 19.9. The Bertz CT molecular complexity index is 756. The molecular weight excluding hydrogens is 366 g/mol. The van der Waals surface area contributed by atoms with Crippen molar-refractivity contribution in [2.24, 2.45) is 0 Å². The molecule has 0 saturated carbocycles. The lowest BCUT2D eigenvalue weighted by molar-refractivity contribution is -0.118. The van der Waals surface area contributed by atoms with Gasteiger partial charge < -0.3 is 14.8 Å². The Hall–Kier alpha value is -2.38.